The fourth-order valence-corrected chi connectivity index (χ4v) is 5.70. The summed E-state index contributed by atoms with van der Waals surface area (Å²) in [5, 5.41) is 3.33. The Bertz CT molecular complexity index is 1400. The SMILES string of the molecule is CN1CCN(C(=O)C2(C)COC(c3nc(-c4ccc(F)cc4)c(-c4ccnc(NCCCN5CCOCC5)n4)[nH]3)OC2)CC1. The molecule has 0 atom stereocenters. The minimum absolute atomic E-state index is 0.0437. The zero-order valence-corrected chi connectivity index (χ0v) is 25.4. The maximum Gasteiger partial charge on any atom is 0.233 e. The molecule has 2 N–H and O–H groups in total. The number of aromatic amines is 1. The van der Waals surface area contributed by atoms with E-state index >= 15 is 0 Å². The second-order valence-electron chi connectivity index (χ2n) is 12.0. The lowest BCUT2D eigenvalue weighted by atomic mass is 9.90. The molecule has 0 bridgehead atoms. The third-order valence-electron chi connectivity index (χ3n) is 8.43. The number of imidazole rings is 1. The number of aromatic nitrogens is 4. The molecule has 6 rings (SSSR count). The van der Waals surface area contributed by atoms with Crippen LogP contribution in [0.2, 0.25) is 0 Å². The first kappa shape index (κ1) is 30.5. The number of anilines is 1. The van der Waals surface area contributed by atoms with Gasteiger partial charge in [0.25, 0.3) is 0 Å². The van der Waals surface area contributed by atoms with Crippen molar-refractivity contribution in [3.63, 3.8) is 0 Å². The first-order chi connectivity index (χ1) is 21.4. The molecule has 3 saturated heterocycles. The van der Waals surface area contributed by atoms with Crippen LogP contribution in [0.4, 0.5) is 10.3 Å². The van der Waals surface area contributed by atoms with Crippen LogP contribution in [0, 0.1) is 11.2 Å². The number of piperazine rings is 1. The van der Waals surface area contributed by atoms with E-state index in [1.54, 1.807) is 24.4 Å². The van der Waals surface area contributed by atoms with Crippen molar-refractivity contribution in [3.05, 3.63) is 48.2 Å². The van der Waals surface area contributed by atoms with Gasteiger partial charge in [-0.15, -0.1) is 0 Å². The second-order valence-corrected chi connectivity index (χ2v) is 12.0. The van der Waals surface area contributed by atoms with E-state index in [1.807, 2.05) is 11.8 Å². The summed E-state index contributed by atoms with van der Waals surface area (Å²) in [6.45, 7) is 10.6. The van der Waals surface area contributed by atoms with Crippen molar-refractivity contribution in [1.82, 2.24) is 34.6 Å². The average Bonchev–Trinajstić information content (AvgIpc) is 3.50. The third-order valence-corrected chi connectivity index (χ3v) is 8.43. The van der Waals surface area contributed by atoms with Crippen LogP contribution in [0.15, 0.2) is 36.5 Å². The molecule has 236 valence electrons. The van der Waals surface area contributed by atoms with Gasteiger partial charge >= 0.3 is 0 Å². The Kier molecular flexibility index (Phi) is 9.47. The number of halogens is 1. The van der Waals surface area contributed by atoms with Crippen molar-refractivity contribution in [3.8, 4) is 22.6 Å². The van der Waals surface area contributed by atoms with Gasteiger partial charge in [-0.1, -0.05) is 0 Å². The highest BCUT2D eigenvalue weighted by Gasteiger charge is 2.43. The van der Waals surface area contributed by atoms with Gasteiger partial charge in [0.05, 0.1) is 48.9 Å². The molecule has 0 spiro atoms. The lowest BCUT2D eigenvalue weighted by molar-refractivity contribution is -0.234. The molecule has 0 unspecified atom stereocenters. The molecule has 0 aliphatic carbocycles. The Hall–Kier alpha value is -3.49. The maximum absolute atomic E-state index is 13.8. The summed E-state index contributed by atoms with van der Waals surface area (Å²) < 4.78 is 31.5. The van der Waals surface area contributed by atoms with E-state index in [9.17, 15) is 9.18 Å². The predicted octanol–water partition coefficient (Wildman–Crippen LogP) is 2.63. The molecule has 1 amide bonds. The molecule has 0 saturated carbocycles. The molecule has 12 nitrogen and oxygen atoms in total. The number of nitrogens with zero attached hydrogens (tertiary/aromatic N) is 6. The summed E-state index contributed by atoms with van der Waals surface area (Å²) in [4.78, 5) is 37.2. The lowest BCUT2D eigenvalue weighted by Gasteiger charge is -2.41. The number of morpholine rings is 1. The van der Waals surface area contributed by atoms with Crippen molar-refractivity contribution < 1.29 is 23.4 Å². The summed E-state index contributed by atoms with van der Waals surface area (Å²) in [6, 6.07) is 7.96. The van der Waals surface area contributed by atoms with Gasteiger partial charge in [-0.2, -0.15) is 0 Å². The summed E-state index contributed by atoms with van der Waals surface area (Å²) in [5.74, 6) is 0.670. The Morgan fingerprint density at radius 3 is 2.50 bits per heavy atom. The fraction of sp³-hybridized carbons (Fsp3) is 0.548. The maximum atomic E-state index is 13.8. The van der Waals surface area contributed by atoms with Gasteiger partial charge in [0, 0.05) is 57.6 Å². The zero-order valence-electron chi connectivity index (χ0n) is 25.4. The Balaban J connectivity index is 1.16. The van der Waals surface area contributed by atoms with E-state index in [1.165, 1.54) is 12.1 Å². The third kappa shape index (κ3) is 7.08. The van der Waals surface area contributed by atoms with Crippen LogP contribution in [0.3, 0.4) is 0 Å². The molecule has 3 aromatic rings. The van der Waals surface area contributed by atoms with Gasteiger partial charge in [-0.25, -0.2) is 19.3 Å². The Morgan fingerprint density at radius 1 is 1.05 bits per heavy atom. The average molecular weight is 609 g/mol. The number of carbonyl (C=O) groups excluding carboxylic acids is 1. The molecule has 3 aliphatic rings. The van der Waals surface area contributed by atoms with Gasteiger partial charge in [0.1, 0.15) is 5.82 Å². The smallest absolute Gasteiger partial charge is 0.233 e. The standard InChI is InChI=1S/C31H41FN8O4/c1-31(29(41)40-14-12-38(2)13-15-40)20-43-28(44-21-31)27-36-25(22-4-6-23(32)7-5-22)26(37-27)24-8-10-34-30(35-24)33-9-3-11-39-16-18-42-19-17-39/h4-8,10,28H,3,9,11-21H2,1-2H3,(H,36,37)(H,33,34,35). The fourth-order valence-electron chi connectivity index (χ4n) is 5.70. The van der Waals surface area contributed by atoms with Gasteiger partial charge < -0.3 is 34.3 Å². The molecule has 44 heavy (non-hydrogen) atoms. The quantitative estimate of drug-likeness (QED) is 0.351. The molecule has 13 heteroatoms. The lowest BCUT2D eigenvalue weighted by Crippen LogP contribution is -2.55. The molecular formula is C31H41FN8O4. The topological polar surface area (TPSA) is 121 Å². The van der Waals surface area contributed by atoms with Crippen LogP contribution in [0.25, 0.3) is 22.6 Å². The number of hydrogen-bond acceptors (Lipinski definition) is 10. The molecule has 2 aromatic heterocycles. The normalized spacial score (nSPS) is 23.5. The highest BCUT2D eigenvalue weighted by molar-refractivity contribution is 5.83. The predicted molar refractivity (Wildman–Crippen MR) is 162 cm³/mol. The minimum Gasteiger partial charge on any atom is -0.379 e. The zero-order chi connectivity index (χ0) is 30.5. The van der Waals surface area contributed by atoms with Crippen molar-refractivity contribution in [2.45, 2.75) is 19.6 Å². The number of amides is 1. The summed E-state index contributed by atoms with van der Waals surface area (Å²) in [5.41, 5.74) is 1.79. The van der Waals surface area contributed by atoms with Crippen LogP contribution in [0.1, 0.15) is 25.5 Å². The summed E-state index contributed by atoms with van der Waals surface area (Å²) >= 11 is 0. The number of nitrogens with one attached hydrogen (secondary N) is 2. The number of H-pyrrole nitrogens is 1. The highest BCUT2D eigenvalue weighted by Crippen LogP contribution is 2.36. The largest absolute Gasteiger partial charge is 0.379 e. The second kappa shape index (κ2) is 13.7. The van der Waals surface area contributed by atoms with Crippen molar-refractivity contribution in [1.29, 1.82) is 0 Å². The summed E-state index contributed by atoms with van der Waals surface area (Å²) in [6.07, 6.45) is 1.86. The summed E-state index contributed by atoms with van der Waals surface area (Å²) in [7, 11) is 2.06. The monoisotopic (exact) mass is 608 g/mol. The Labute approximate surface area is 256 Å². The van der Waals surface area contributed by atoms with E-state index in [2.05, 4.69) is 32.1 Å². The van der Waals surface area contributed by atoms with Crippen LogP contribution in [0.5, 0.6) is 0 Å². The van der Waals surface area contributed by atoms with Crippen molar-refractivity contribution >= 4 is 11.9 Å². The number of carbonyl (C=O) groups is 1. The molecule has 3 fully saturated rings. The number of rotatable bonds is 9. The molecular weight excluding hydrogens is 567 g/mol. The van der Waals surface area contributed by atoms with Gasteiger partial charge in [0.2, 0.25) is 18.1 Å². The highest BCUT2D eigenvalue weighted by atomic mass is 19.1. The van der Waals surface area contributed by atoms with E-state index in [0.717, 1.165) is 58.9 Å². The van der Waals surface area contributed by atoms with E-state index in [-0.39, 0.29) is 24.9 Å². The molecule has 0 radical (unpaired) electrons. The first-order valence-electron chi connectivity index (χ1n) is 15.3. The van der Waals surface area contributed by atoms with Crippen LogP contribution in [-0.4, -0.2) is 126 Å². The van der Waals surface area contributed by atoms with Crippen LogP contribution < -0.4 is 5.32 Å². The van der Waals surface area contributed by atoms with E-state index in [4.69, 9.17) is 24.2 Å². The van der Waals surface area contributed by atoms with E-state index < -0.39 is 11.7 Å². The van der Waals surface area contributed by atoms with Gasteiger partial charge in [-0.05, 0) is 57.3 Å². The minimum atomic E-state index is -0.795. The van der Waals surface area contributed by atoms with Crippen LogP contribution >= 0.6 is 0 Å². The van der Waals surface area contributed by atoms with Crippen molar-refractivity contribution in [2.75, 3.05) is 91.2 Å². The Morgan fingerprint density at radius 2 is 1.77 bits per heavy atom. The van der Waals surface area contributed by atoms with Gasteiger partial charge in [-0.3, -0.25) is 9.69 Å². The van der Waals surface area contributed by atoms with Crippen LogP contribution in [-0.2, 0) is 19.0 Å². The van der Waals surface area contributed by atoms with E-state index in [0.29, 0.717) is 47.5 Å². The van der Waals surface area contributed by atoms with Gasteiger partial charge in [0.15, 0.2) is 5.82 Å². The molecule has 1 aromatic carbocycles. The number of benzene rings is 1. The molecule has 3 aliphatic heterocycles. The first-order valence-corrected chi connectivity index (χ1v) is 15.3. The number of likely N-dealkylation sites (N-methyl/N-ethyl adjacent to an activating group) is 1. The number of hydrogen-bond donors (Lipinski definition) is 2. The van der Waals surface area contributed by atoms with Crippen molar-refractivity contribution in [2.24, 2.45) is 5.41 Å². The number of ether oxygens (including phenoxy) is 3. The molecule has 5 heterocycles.